The summed E-state index contributed by atoms with van der Waals surface area (Å²) >= 11 is 5.83. The quantitative estimate of drug-likeness (QED) is 0.459. The van der Waals surface area contributed by atoms with Gasteiger partial charge in [0.25, 0.3) is 5.69 Å². The van der Waals surface area contributed by atoms with Crippen LogP contribution in [0.1, 0.15) is 12.8 Å². The van der Waals surface area contributed by atoms with E-state index in [1.165, 1.54) is 12.1 Å². The Hall–Kier alpha value is -1.95. The van der Waals surface area contributed by atoms with Gasteiger partial charge in [-0.15, -0.1) is 0 Å². The second-order valence-corrected chi connectivity index (χ2v) is 3.92. The lowest BCUT2D eigenvalue weighted by Crippen LogP contribution is -2.28. The van der Waals surface area contributed by atoms with E-state index in [-0.39, 0.29) is 41.1 Å². The topological polar surface area (TPSA) is 80.5 Å². The van der Waals surface area contributed by atoms with Gasteiger partial charge in [-0.1, -0.05) is 11.6 Å². The Morgan fingerprint density at radius 3 is 2.29 bits per heavy atom. The lowest BCUT2D eigenvalue weighted by atomic mass is 10.2. The smallest absolute Gasteiger partial charge is 0.271 e. The first kappa shape index (κ1) is 11.5. The average Bonchev–Trinajstić information content (AvgIpc) is 2.59. The molecule has 0 unspecified atom stereocenters. The Balaban J connectivity index is 2.43. The minimum absolute atomic E-state index is 0.0165. The summed E-state index contributed by atoms with van der Waals surface area (Å²) in [4.78, 5) is 33.8. The number of carbonyl (C=O) groups excluding carboxylic acids is 2. The molecule has 6 nitrogen and oxygen atoms in total. The molecular weight excluding hydrogens is 248 g/mol. The van der Waals surface area contributed by atoms with Crippen molar-refractivity contribution in [2.24, 2.45) is 0 Å². The first-order valence-corrected chi connectivity index (χ1v) is 5.18. The van der Waals surface area contributed by atoms with Gasteiger partial charge in [-0.05, 0) is 6.07 Å². The Bertz CT molecular complexity index is 513. The van der Waals surface area contributed by atoms with Crippen LogP contribution >= 0.6 is 11.6 Å². The van der Waals surface area contributed by atoms with Crippen molar-refractivity contribution in [3.8, 4) is 0 Å². The zero-order valence-corrected chi connectivity index (χ0v) is 9.31. The van der Waals surface area contributed by atoms with Crippen LogP contribution in [0.4, 0.5) is 11.4 Å². The van der Waals surface area contributed by atoms with Crippen molar-refractivity contribution in [1.29, 1.82) is 0 Å². The Labute approximate surface area is 101 Å². The fourth-order valence-electron chi connectivity index (χ4n) is 1.64. The van der Waals surface area contributed by atoms with E-state index in [4.69, 9.17) is 11.6 Å². The number of non-ortho nitro benzene ring substituents is 1. The molecule has 0 radical (unpaired) electrons. The van der Waals surface area contributed by atoms with Crippen LogP contribution in [0, 0.1) is 10.1 Å². The zero-order chi connectivity index (χ0) is 12.6. The molecule has 2 amide bonds. The maximum Gasteiger partial charge on any atom is 0.271 e. The predicted octanol–water partition coefficient (Wildman–Crippen LogP) is 1.90. The normalized spacial score (nSPS) is 15.5. The highest BCUT2D eigenvalue weighted by atomic mass is 35.5. The number of hydrogen-bond acceptors (Lipinski definition) is 4. The lowest BCUT2D eigenvalue weighted by Gasteiger charge is -2.14. The molecule has 1 aliphatic heterocycles. The number of hydrogen-bond donors (Lipinski definition) is 0. The molecule has 17 heavy (non-hydrogen) atoms. The number of benzene rings is 1. The largest absolute Gasteiger partial charge is 0.274 e. The van der Waals surface area contributed by atoms with Crippen LogP contribution in [0.15, 0.2) is 18.2 Å². The molecule has 1 saturated heterocycles. The van der Waals surface area contributed by atoms with Crippen LogP contribution in [-0.4, -0.2) is 16.7 Å². The highest BCUT2D eigenvalue weighted by molar-refractivity contribution is 6.35. The van der Waals surface area contributed by atoms with Crippen molar-refractivity contribution in [3.05, 3.63) is 33.3 Å². The molecule has 0 aliphatic carbocycles. The molecule has 88 valence electrons. The van der Waals surface area contributed by atoms with Crippen LogP contribution in [0.25, 0.3) is 0 Å². The fraction of sp³-hybridized carbons (Fsp3) is 0.200. The first-order chi connectivity index (χ1) is 8.00. The van der Waals surface area contributed by atoms with E-state index in [0.717, 1.165) is 11.0 Å². The third-order valence-corrected chi connectivity index (χ3v) is 2.74. The number of halogens is 1. The van der Waals surface area contributed by atoms with Crippen molar-refractivity contribution in [2.75, 3.05) is 4.90 Å². The number of amides is 2. The second-order valence-electron chi connectivity index (χ2n) is 3.52. The van der Waals surface area contributed by atoms with E-state index in [1.807, 2.05) is 0 Å². The van der Waals surface area contributed by atoms with E-state index in [1.54, 1.807) is 0 Å². The molecule has 2 rings (SSSR count). The lowest BCUT2D eigenvalue weighted by molar-refractivity contribution is -0.384. The Morgan fingerprint density at radius 2 is 1.82 bits per heavy atom. The van der Waals surface area contributed by atoms with Crippen LogP contribution in [0.2, 0.25) is 5.02 Å². The van der Waals surface area contributed by atoms with Gasteiger partial charge in [0.05, 0.1) is 15.6 Å². The molecule has 1 heterocycles. The molecule has 0 N–H and O–H groups in total. The van der Waals surface area contributed by atoms with Crippen molar-refractivity contribution in [3.63, 3.8) is 0 Å². The van der Waals surface area contributed by atoms with Crippen LogP contribution < -0.4 is 4.90 Å². The van der Waals surface area contributed by atoms with E-state index in [9.17, 15) is 19.7 Å². The van der Waals surface area contributed by atoms with Crippen molar-refractivity contribution < 1.29 is 14.5 Å². The highest BCUT2D eigenvalue weighted by Crippen LogP contribution is 2.32. The van der Waals surface area contributed by atoms with Gasteiger partial charge in [0, 0.05) is 25.0 Å². The van der Waals surface area contributed by atoms with E-state index >= 15 is 0 Å². The number of imide groups is 1. The predicted molar refractivity (Wildman–Crippen MR) is 59.8 cm³/mol. The van der Waals surface area contributed by atoms with E-state index < -0.39 is 4.92 Å². The fourth-order valence-corrected chi connectivity index (χ4v) is 1.90. The summed E-state index contributed by atoms with van der Waals surface area (Å²) in [6.45, 7) is 0. The summed E-state index contributed by atoms with van der Waals surface area (Å²) in [5.41, 5.74) is 0.0163. The van der Waals surface area contributed by atoms with Gasteiger partial charge in [0.15, 0.2) is 0 Å². The highest BCUT2D eigenvalue weighted by Gasteiger charge is 2.32. The molecular formula is C10H7ClN2O4. The third kappa shape index (κ3) is 1.99. The van der Waals surface area contributed by atoms with Crippen molar-refractivity contribution in [1.82, 2.24) is 0 Å². The van der Waals surface area contributed by atoms with Gasteiger partial charge in [-0.2, -0.15) is 0 Å². The molecule has 7 heteroatoms. The van der Waals surface area contributed by atoms with Gasteiger partial charge in [0.2, 0.25) is 11.8 Å². The molecule has 0 saturated carbocycles. The maximum atomic E-state index is 11.5. The van der Waals surface area contributed by atoms with Crippen LogP contribution in [-0.2, 0) is 9.59 Å². The maximum absolute atomic E-state index is 11.5. The van der Waals surface area contributed by atoms with E-state index in [2.05, 4.69) is 0 Å². The van der Waals surface area contributed by atoms with Crippen molar-refractivity contribution >= 4 is 34.8 Å². The summed E-state index contributed by atoms with van der Waals surface area (Å²) < 4.78 is 0. The van der Waals surface area contributed by atoms with Gasteiger partial charge in [-0.25, -0.2) is 4.90 Å². The monoisotopic (exact) mass is 254 g/mol. The minimum Gasteiger partial charge on any atom is -0.274 e. The summed E-state index contributed by atoms with van der Waals surface area (Å²) in [6.07, 6.45) is 0.290. The van der Waals surface area contributed by atoms with Gasteiger partial charge in [-0.3, -0.25) is 19.7 Å². The summed E-state index contributed by atoms with van der Waals surface area (Å²) in [5.74, 6) is -0.684. The number of carbonyl (C=O) groups is 2. The third-order valence-electron chi connectivity index (χ3n) is 2.43. The number of anilines is 1. The number of nitrogens with zero attached hydrogens (tertiary/aromatic N) is 2. The molecule has 1 fully saturated rings. The van der Waals surface area contributed by atoms with Crippen LogP contribution in [0.5, 0.6) is 0 Å². The zero-order valence-electron chi connectivity index (χ0n) is 8.55. The molecule has 1 aromatic rings. The standard InChI is InChI=1S/C10H7ClN2O4/c11-7-5-6(13(16)17)1-2-8(7)12-9(14)3-4-10(12)15/h1-2,5H,3-4H2. The number of rotatable bonds is 2. The Morgan fingerprint density at radius 1 is 1.24 bits per heavy atom. The first-order valence-electron chi connectivity index (χ1n) is 4.80. The average molecular weight is 255 g/mol. The SMILES string of the molecule is O=C1CCC(=O)N1c1ccc([N+](=O)[O-])cc1Cl. The molecule has 1 aromatic carbocycles. The molecule has 1 aliphatic rings. The minimum atomic E-state index is -0.594. The second kappa shape index (κ2) is 4.14. The van der Waals surface area contributed by atoms with Crippen LogP contribution in [0.3, 0.4) is 0 Å². The Kier molecular flexibility index (Phi) is 2.81. The molecule has 0 bridgehead atoms. The molecule has 0 atom stereocenters. The van der Waals surface area contributed by atoms with E-state index in [0.29, 0.717) is 0 Å². The molecule has 0 spiro atoms. The van der Waals surface area contributed by atoms with Gasteiger partial charge in [0.1, 0.15) is 0 Å². The van der Waals surface area contributed by atoms with Crippen molar-refractivity contribution in [2.45, 2.75) is 12.8 Å². The number of nitro benzene ring substituents is 1. The summed E-state index contributed by atoms with van der Waals surface area (Å²) in [7, 11) is 0. The van der Waals surface area contributed by atoms with Gasteiger partial charge >= 0.3 is 0 Å². The number of nitro groups is 1. The summed E-state index contributed by atoms with van der Waals surface area (Å²) in [5, 5.41) is 10.5. The van der Waals surface area contributed by atoms with Gasteiger partial charge < -0.3 is 0 Å². The molecule has 0 aromatic heterocycles. The summed E-state index contributed by atoms with van der Waals surface area (Å²) in [6, 6.07) is 3.64.